The second kappa shape index (κ2) is 6.86. The highest BCUT2D eigenvalue weighted by Crippen LogP contribution is 2.37. The first-order valence-corrected chi connectivity index (χ1v) is 8.49. The third kappa shape index (κ3) is 3.32. The van der Waals surface area contributed by atoms with E-state index >= 15 is 0 Å². The number of ether oxygens (including phenoxy) is 3. The monoisotopic (exact) mass is 326 g/mol. The van der Waals surface area contributed by atoms with E-state index in [1.807, 2.05) is 44.2 Å². The maximum absolute atomic E-state index is 10.4. The zero-order valence-electron chi connectivity index (χ0n) is 12.7. The van der Waals surface area contributed by atoms with Crippen molar-refractivity contribution in [3.63, 3.8) is 0 Å². The fraction of sp³-hybridized carbons (Fsp3) is 0.625. The first kappa shape index (κ1) is 16.2. The number of aliphatic hydroxyl groups is 2. The molecule has 0 aromatic heterocycles. The molecule has 0 bridgehead atoms. The molecule has 122 valence electrons. The second-order valence-corrected chi connectivity index (χ2v) is 7.57. The minimum absolute atomic E-state index is 0.297. The Morgan fingerprint density at radius 3 is 2.50 bits per heavy atom. The molecule has 1 unspecified atom stereocenters. The van der Waals surface area contributed by atoms with Crippen LogP contribution in [0.3, 0.4) is 0 Å². The van der Waals surface area contributed by atoms with Gasteiger partial charge in [-0.25, -0.2) is 0 Å². The Morgan fingerprint density at radius 1 is 1.09 bits per heavy atom. The summed E-state index contributed by atoms with van der Waals surface area (Å²) in [6.07, 6.45) is -3.44. The topological polar surface area (TPSA) is 68.2 Å². The van der Waals surface area contributed by atoms with Gasteiger partial charge in [0.25, 0.3) is 0 Å². The van der Waals surface area contributed by atoms with Crippen molar-refractivity contribution in [2.45, 2.75) is 55.2 Å². The van der Waals surface area contributed by atoms with Gasteiger partial charge in [-0.2, -0.15) is 0 Å². The summed E-state index contributed by atoms with van der Waals surface area (Å²) in [6, 6.07) is 9.56. The van der Waals surface area contributed by atoms with Gasteiger partial charge in [-0.1, -0.05) is 44.2 Å². The van der Waals surface area contributed by atoms with Crippen molar-refractivity contribution in [1.82, 2.24) is 0 Å². The Morgan fingerprint density at radius 2 is 1.82 bits per heavy atom. The van der Waals surface area contributed by atoms with Crippen LogP contribution in [0, 0.1) is 0 Å². The lowest BCUT2D eigenvalue weighted by Crippen LogP contribution is -2.61. The first-order chi connectivity index (χ1) is 10.6. The molecule has 2 aliphatic heterocycles. The predicted octanol–water partition coefficient (Wildman–Crippen LogP) is 1.69. The lowest BCUT2D eigenvalue weighted by Gasteiger charge is -2.46. The van der Waals surface area contributed by atoms with Crippen molar-refractivity contribution < 1.29 is 24.4 Å². The standard InChI is InChI=1S/C16H22O5S/c1-9(2)22-16-13(18)12(17)14-11(20-16)8-19-15(21-14)10-6-4-3-5-7-10/h3-7,9,11-18H,8H2,1-2H3/t11-,12-,13-,14-,15?,16+/m1/s1. The Balaban J connectivity index is 1.70. The summed E-state index contributed by atoms with van der Waals surface area (Å²) in [4.78, 5) is 0. The van der Waals surface area contributed by atoms with Gasteiger partial charge in [0.15, 0.2) is 6.29 Å². The van der Waals surface area contributed by atoms with Crippen LogP contribution in [0.25, 0.3) is 0 Å². The lowest BCUT2D eigenvalue weighted by atomic mass is 9.99. The maximum Gasteiger partial charge on any atom is 0.184 e. The predicted molar refractivity (Wildman–Crippen MR) is 83.4 cm³/mol. The van der Waals surface area contributed by atoms with Crippen LogP contribution in [0.2, 0.25) is 0 Å². The van der Waals surface area contributed by atoms with Crippen molar-refractivity contribution >= 4 is 11.8 Å². The van der Waals surface area contributed by atoms with Crippen molar-refractivity contribution in [1.29, 1.82) is 0 Å². The molecule has 0 spiro atoms. The van der Waals surface area contributed by atoms with Gasteiger partial charge in [0, 0.05) is 10.8 Å². The van der Waals surface area contributed by atoms with Crippen LogP contribution in [0.1, 0.15) is 25.7 Å². The van der Waals surface area contributed by atoms with Crippen molar-refractivity contribution in [2.24, 2.45) is 0 Å². The van der Waals surface area contributed by atoms with E-state index in [-0.39, 0.29) is 6.10 Å². The van der Waals surface area contributed by atoms with Crippen molar-refractivity contribution in [2.75, 3.05) is 6.61 Å². The summed E-state index contributed by atoms with van der Waals surface area (Å²) < 4.78 is 17.4. The molecular weight excluding hydrogens is 304 g/mol. The molecule has 6 heteroatoms. The molecule has 2 N–H and O–H groups in total. The second-order valence-electron chi connectivity index (χ2n) is 5.89. The molecule has 1 aromatic carbocycles. The summed E-state index contributed by atoms with van der Waals surface area (Å²) in [5, 5.41) is 21.0. The molecule has 5 nitrogen and oxygen atoms in total. The van der Waals surface area contributed by atoms with Crippen LogP contribution >= 0.6 is 11.8 Å². The third-order valence-electron chi connectivity index (χ3n) is 3.81. The highest BCUT2D eigenvalue weighted by Gasteiger charge is 2.49. The van der Waals surface area contributed by atoms with Crippen molar-refractivity contribution in [3.8, 4) is 0 Å². The number of benzene rings is 1. The average Bonchev–Trinajstić information content (AvgIpc) is 2.52. The molecule has 0 saturated carbocycles. The van der Waals surface area contributed by atoms with Gasteiger partial charge >= 0.3 is 0 Å². The van der Waals surface area contributed by atoms with Crippen LogP contribution in [-0.2, 0) is 14.2 Å². The zero-order valence-corrected chi connectivity index (χ0v) is 13.5. The number of thioether (sulfide) groups is 1. The van der Waals surface area contributed by atoms with Crippen LogP contribution in [0.4, 0.5) is 0 Å². The highest BCUT2D eigenvalue weighted by atomic mass is 32.2. The molecule has 1 aromatic rings. The number of hydrogen-bond donors (Lipinski definition) is 2. The van der Waals surface area contributed by atoms with E-state index in [4.69, 9.17) is 14.2 Å². The van der Waals surface area contributed by atoms with E-state index in [9.17, 15) is 10.2 Å². The highest BCUT2D eigenvalue weighted by molar-refractivity contribution is 8.00. The van der Waals surface area contributed by atoms with Crippen molar-refractivity contribution in [3.05, 3.63) is 35.9 Å². The Bertz CT molecular complexity index is 481. The molecule has 0 radical (unpaired) electrons. The molecule has 22 heavy (non-hydrogen) atoms. The zero-order chi connectivity index (χ0) is 15.7. The van der Waals surface area contributed by atoms with E-state index in [1.54, 1.807) is 0 Å². The lowest BCUT2D eigenvalue weighted by molar-refractivity contribution is -0.318. The van der Waals surface area contributed by atoms with E-state index in [0.717, 1.165) is 5.56 Å². The van der Waals surface area contributed by atoms with E-state index in [1.165, 1.54) is 11.8 Å². The largest absolute Gasteiger partial charge is 0.387 e. The summed E-state index contributed by atoms with van der Waals surface area (Å²) in [6.45, 7) is 4.39. The molecule has 3 rings (SSSR count). The molecule has 2 heterocycles. The molecule has 2 saturated heterocycles. The van der Waals surface area contributed by atoms with Crippen LogP contribution < -0.4 is 0 Å². The van der Waals surface area contributed by atoms with Crippen LogP contribution in [-0.4, -0.2) is 51.9 Å². The third-order valence-corrected chi connectivity index (χ3v) is 5.01. The fourth-order valence-corrected chi connectivity index (χ4v) is 3.80. The number of fused-ring (bicyclic) bond motifs is 1. The van der Waals surface area contributed by atoms with Crippen LogP contribution in [0.5, 0.6) is 0 Å². The molecule has 2 fully saturated rings. The minimum atomic E-state index is -0.981. The smallest absolute Gasteiger partial charge is 0.184 e. The molecule has 6 atom stereocenters. The van der Waals surface area contributed by atoms with E-state index < -0.39 is 30.0 Å². The summed E-state index contributed by atoms with van der Waals surface area (Å²) in [5.41, 5.74) is 0.429. The van der Waals surface area contributed by atoms with Gasteiger partial charge < -0.3 is 24.4 Å². The number of rotatable bonds is 3. The quantitative estimate of drug-likeness (QED) is 0.881. The average molecular weight is 326 g/mol. The minimum Gasteiger partial charge on any atom is -0.387 e. The Kier molecular flexibility index (Phi) is 5.07. The SMILES string of the molecule is CC(C)S[C@@H]1O[C@@H]2COC(c3ccccc3)O[C@H]2[C@H](O)[C@H]1O. The summed E-state index contributed by atoms with van der Waals surface area (Å²) in [5.74, 6) is 0. The van der Waals surface area contributed by atoms with E-state index in [2.05, 4.69) is 0 Å². The van der Waals surface area contributed by atoms with Crippen LogP contribution in [0.15, 0.2) is 30.3 Å². The number of aliphatic hydroxyl groups excluding tert-OH is 2. The fourth-order valence-electron chi connectivity index (χ4n) is 2.74. The molecule has 0 aliphatic carbocycles. The van der Waals surface area contributed by atoms with Gasteiger partial charge in [-0.3, -0.25) is 0 Å². The maximum atomic E-state index is 10.4. The van der Waals surface area contributed by atoms with E-state index in [0.29, 0.717) is 11.9 Å². The molecule has 2 aliphatic rings. The summed E-state index contributed by atoms with van der Waals surface area (Å²) in [7, 11) is 0. The summed E-state index contributed by atoms with van der Waals surface area (Å²) >= 11 is 1.50. The Hall–Kier alpha value is -0.630. The first-order valence-electron chi connectivity index (χ1n) is 7.55. The Labute approximate surface area is 134 Å². The van der Waals surface area contributed by atoms with Gasteiger partial charge in [0.1, 0.15) is 29.9 Å². The van der Waals surface area contributed by atoms with Gasteiger partial charge in [-0.15, -0.1) is 11.8 Å². The number of hydrogen-bond acceptors (Lipinski definition) is 6. The molecule has 0 amide bonds. The van der Waals surface area contributed by atoms with Gasteiger partial charge in [0.05, 0.1) is 6.61 Å². The normalized spacial score (nSPS) is 38.8. The molecular formula is C16H22O5S. The van der Waals surface area contributed by atoms with Gasteiger partial charge in [0.2, 0.25) is 0 Å². The van der Waals surface area contributed by atoms with Gasteiger partial charge in [-0.05, 0) is 0 Å².